The van der Waals surface area contributed by atoms with Gasteiger partial charge in [0, 0.05) is 26.2 Å². The third kappa shape index (κ3) is 5.03. The van der Waals surface area contributed by atoms with Crippen LogP contribution in [0.1, 0.15) is 31.7 Å². The van der Waals surface area contributed by atoms with Gasteiger partial charge in [-0.2, -0.15) is 0 Å². The lowest BCUT2D eigenvalue weighted by atomic mass is 10.1. The van der Waals surface area contributed by atoms with E-state index in [4.69, 9.17) is 4.74 Å². The van der Waals surface area contributed by atoms with Crippen LogP contribution in [0.3, 0.4) is 0 Å². The number of rotatable bonds is 4. The summed E-state index contributed by atoms with van der Waals surface area (Å²) in [6.45, 7) is 4.80. The number of carbonyl (C=O) groups excluding carboxylic acids is 2. The molecule has 0 saturated carbocycles. The minimum atomic E-state index is -0.538. The van der Waals surface area contributed by atoms with E-state index < -0.39 is 12.1 Å². The second-order valence-electron chi connectivity index (χ2n) is 6.96. The Labute approximate surface area is 148 Å². The topological polar surface area (TPSA) is 70.7 Å². The van der Waals surface area contributed by atoms with Crippen LogP contribution in [-0.4, -0.2) is 54.6 Å². The lowest BCUT2D eigenvalue weighted by molar-refractivity contribution is -0.148. The van der Waals surface area contributed by atoms with E-state index in [1.54, 1.807) is 0 Å². The smallest absolute Gasteiger partial charge is 0.251 e. The summed E-state index contributed by atoms with van der Waals surface area (Å²) in [6.07, 6.45) is 2.03. The molecule has 6 heteroatoms. The van der Waals surface area contributed by atoms with Gasteiger partial charge in [-0.15, -0.1) is 0 Å². The van der Waals surface area contributed by atoms with Gasteiger partial charge in [0.15, 0.2) is 0 Å². The van der Waals surface area contributed by atoms with Gasteiger partial charge in [-0.1, -0.05) is 30.3 Å². The van der Waals surface area contributed by atoms with E-state index in [-0.39, 0.29) is 17.9 Å². The lowest BCUT2D eigenvalue weighted by Gasteiger charge is -2.36. The molecule has 0 radical (unpaired) electrons. The Morgan fingerprint density at radius 3 is 2.88 bits per heavy atom. The molecule has 1 unspecified atom stereocenters. The maximum atomic E-state index is 12.6. The molecular formula is C19H27N3O3. The average molecular weight is 345 g/mol. The predicted molar refractivity (Wildman–Crippen MR) is 94.8 cm³/mol. The van der Waals surface area contributed by atoms with Crippen molar-refractivity contribution >= 4 is 11.8 Å². The molecule has 2 fully saturated rings. The minimum Gasteiger partial charge on any atom is -0.363 e. The summed E-state index contributed by atoms with van der Waals surface area (Å²) in [4.78, 5) is 26.9. The molecule has 2 saturated heterocycles. The molecule has 0 bridgehead atoms. The molecule has 2 heterocycles. The first-order valence-electron chi connectivity index (χ1n) is 9.11. The molecule has 2 aliphatic heterocycles. The van der Waals surface area contributed by atoms with Gasteiger partial charge < -0.3 is 15.4 Å². The van der Waals surface area contributed by atoms with Crippen molar-refractivity contribution < 1.29 is 14.3 Å². The van der Waals surface area contributed by atoms with Gasteiger partial charge in [0.05, 0.1) is 6.10 Å². The summed E-state index contributed by atoms with van der Waals surface area (Å²) in [7, 11) is 0. The van der Waals surface area contributed by atoms with Crippen LogP contribution in [0, 0.1) is 0 Å². The Kier molecular flexibility index (Phi) is 6.04. The highest BCUT2D eigenvalue weighted by Crippen LogP contribution is 2.15. The Balaban J connectivity index is 1.58. The third-order valence-electron chi connectivity index (χ3n) is 4.73. The van der Waals surface area contributed by atoms with Crippen LogP contribution in [0.25, 0.3) is 0 Å². The van der Waals surface area contributed by atoms with Crippen LogP contribution in [0.2, 0.25) is 0 Å². The summed E-state index contributed by atoms with van der Waals surface area (Å²) in [5.41, 5.74) is 1.22. The van der Waals surface area contributed by atoms with E-state index in [0.29, 0.717) is 19.5 Å². The Morgan fingerprint density at radius 2 is 2.08 bits per heavy atom. The monoisotopic (exact) mass is 345 g/mol. The standard InChI is InChI=1S/C19H27N3O3/c1-14-11-22(12-15-7-3-2-4-8-15)13-17(25-14)19(24)21-16-9-5-6-10-20-18(16)23/h2-4,7-8,14,16-17H,5-6,9-13H2,1H3,(H,20,23)(H,21,24)/t14-,16?,17-/m1/s1. The highest BCUT2D eigenvalue weighted by Gasteiger charge is 2.32. The minimum absolute atomic E-state index is 0.0174. The van der Waals surface area contributed by atoms with Crippen LogP contribution in [0.5, 0.6) is 0 Å². The van der Waals surface area contributed by atoms with Crippen LogP contribution >= 0.6 is 0 Å². The number of nitrogens with zero attached hydrogens (tertiary/aromatic N) is 1. The summed E-state index contributed by atoms with van der Waals surface area (Å²) >= 11 is 0. The molecule has 25 heavy (non-hydrogen) atoms. The highest BCUT2D eigenvalue weighted by molar-refractivity contribution is 5.89. The summed E-state index contributed by atoms with van der Waals surface area (Å²) < 4.78 is 5.84. The number of carbonyl (C=O) groups is 2. The lowest BCUT2D eigenvalue weighted by Crippen LogP contribution is -2.55. The quantitative estimate of drug-likeness (QED) is 0.856. The van der Waals surface area contributed by atoms with Gasteiger partial charge in [0.1, 0.15) is 12.1 Å². The zero-order valence-corrected chi connectivity index (χ0v) is 14.7. The first-order chi connectivity index (χ1) is 12.1. The molecular weight excluding hydrogens is 318 g/mol. The number of nitrogens with one attached hydrogen (secondary N) is 2. The molecule has 3 rings (SSSR count). The molecule has 0 spiro atoms. The van der Waals surface area contributed by atoms with Gasteiger partial charge in [-0.3, -0.25) is 14.5 Å². The number of benzene rings is 1. The zero-order valence-electron chi connectivity index (χ0n) is 14.7. The fourth-order valence-electron chi connectivity index (χ4n) is 3.50. The van der Waals surface area contributed by atoms with E-state index in [1.807, 2.05) is 25.1 Å². The second-order valence-corrected chi connectivity index (χ2v) is 6.96. The van der Waals surface area contributed by atoms with Crippen LogP contribution in [-0.2, 0) is 20.9 Å². The third-order valence-corrected chi connectivity index (χ3v) is 4.73. The molecule has 1 aromatic rings. The molecule has 2 amide bonds. The van der Waals surface area contributed by atoms with E-state index in [2.05, 4.69) is 27.7 Å². The molecule has 2 aliphatic rings. The van der Waals surface area contributed by atoms with Gasteiger partial charge >= 0.3 is 0 Å². The maximum absolute atomic E-state index is 12.6. The molecule has 1 aromatic carbocycles. The van der Waals surface area contributed by atoms with E-state index in [1.165, 1.54) is 5.56 Å². The van der Waals surface area contributed by atoms with Crippen molar-refractivity contribution in [3.05, 3.63) is 35.9 Å². The molecule has 136 valence electrons. The van der Waals surface area contributed by atoms with Crippen molar-refractivity contribution in [1.29, 1.82) is 0 Å². The number of hydrogen-bond donors (Lipinski definition) is 2. The van der Waals surface area contributed by atoms with Crippen LogP contribution in [0.4, 0.5) is 0 Å². The van der Waals surface area contributed by atoms with Gasteiger partial charge in [0.2, 0.25) is 5.91 Å². The fourth-order valence-corrected chi connectivity index (χ4v) is 3.50. The molecule has 3 atom stereocenters. The molecule has 0 aliphatic carbocycles. The van der Waals surface area contributed by atoms with Crippen molar-refractivity contribution in [2.24, 2.45) is 0 Å². The fraction of sp³-hybridized carbons (Fsp3) is 0.579. The first kappa shape index (κ1) is 17.9. The average Bonchev–Trinajstić information content (AvgIpc) is 2.80. The second kappa shape index (κ2) is 8.45. The Hall–Kier alpha value is -1.92. The van der Waals surface area contributed by atoms with Crippen LogP contribution < -0.4 is 10.6 Å². The van der Waals surface area contributed by atoms with E-state index in [0.717, 1.165) is 25.9 Å². The number of morpholine rings is 1. The normalized spacial score (nSPS) is 28.0. The molecule has 2 N–H and O–H groups in total. The van der Waals surface area contributed by atoms with Gasteiger partial charge in [0.25, 0.3) is 5.91 Å². The van der Waals surface area contributed by atoms with Crippen molar-refractivity contribution in [3.63, 3.8) is 0 Å². The number of hydrogen-bond acceptors (Lipinski definition) is 4. The maximum Gasteiger partial charge on any atom is 0.251 e. The largest absolute Gasteiger partial charge is 0.363 e. The SMILES string of the molecule is C[C@@H]1CN(Cc2ccccc2)C[C@H](C(=O)NC2CCCCNC2=O)O1. The Bertz CT molecular complexity index is 593. The molecule has 6 nitrogen and oxygen atoms in total. The molecule has 0 aromatic heterocycles. The first-order valence-corrected chi connectivity index (χ1v) is 9.11. The van der Waals surface area contributed by atoms with E-state index >= 15 is 0 Å². The van der Waals surface area contributed by atoms with E-state index in [9.17, 15) is 9.59 Å². The van der Waals surface area contributed by atoms with Crippen molar-refractivity contribution in [3.8, 4) is 0 Å². The Morgan fingerprint density at radius 1 is 1.28 bits per heavy atom. The van der Waals surface area contributed by atoms with Crippen molar-refractivity contribution in [1.82, 2.24) is 15.5 Å². The number of ether oxygens (including phenoxy) is 1. The summed E-state index contributed by atoms with van der Waals surface area (Å²) in [6, 6.07) is 9.77. The summed E-state index contributed by atoms with van der Waals surface area (Å²) in [5.74, 6) is -0.275. The van der Waals surface area contributed by atoms with Crippen molar-refractivity contribution in [2.75, 3.05) is 19.6 Å². The predicted octanol–water partition coefficient (Wildman–Crippen LogP) is 1.06. The summed E-state index contributed by atoms with van der Waals surface area (Å²) in [5, 5.41) is 5.73. The van der Waals surface area contributed by atoms with Crippen LogP contribution in [0.15, 0.2) is 30.3 Å². The zero-order chi connectivity index (χ0) is 17.6. The van der Waals surface area contributed by atoms with Gasteiger partial charge in [-0.25, -0.2) is 0 Å². The highest BCUT2D eigenvalue weighted by atomic mass is 16.5. The van der Waals surface area contributed by atoms with Crippen molar-refractivity contribution in [2.45, 2.75) is 51.0 Å². The number of amides is 2. The van der Waals surface area contributed by atoms with Gasteiger partial charge in [-0.05, 0) is 31.7 Å².